The second-order valence-corrected chi connectivity index (χ2v) is 5.83. The van der Waals surface area contributed by atoms with Crippen molar-refractivity contribution in [3.8, 4) is 0 Å². The molecule has 1 rings (SSSR count). The van der Waals surface area contributed by atoms with Crippen LogP contribution in [0, 0.1) is 0 Å². The Hall–Kier alpha value is -0.940. The smallest absolute Gasteiger partial charge is 0.148 e. The maximum atomic E-state index is 11.1. The Morgan fingerprint density at radius 1 is 1.53 bits per heavy atom. The summed E-state index contributed by atoms with van der Waals surface area (Å²) in [6, 6.07) is 3.74. The fourth-order valence-corrected chi connectivity index (χ4v) is 2.43. The van der Waals surface area contributed by atoms with Gasteiger partial charge in [-0.15, -0.1) is 0 Å². The minimum atomic E-state index is -2.94. The summed E-state index contributed by atoms with van der Waals surface area (Å²) in [7, 11) is -1.17. The number of hydrogen-bond acceptors (Lipinski definition) is 4. The zero-order valence-electron chi connectivity index (χ0n) is 8.97. The van der Waals surface area contributed by atoms with Crippen LogP contribution in [-0.4, -0.2) is 38.5 Å². The third kappa shape index (κ3) is 4.90. The van der Waals surface area contributed by atoms with Gasteiger partial charge in [-0.25, -0.2) is 8.42 Å². The van der Waals surface area contributed by atoms with E-state index in [2.05, 4.69) is 10.3 Å². The Kier molecular flexibility index (Phi) is 4.23. The number of nitrogens with zero attached hydrogens (tertiary/aromatic N) is 1. The fourth-order valence-electron chi connectivity index (χ4n) is 1.41. The zero-order chi connectivity index (χ0) is 11.3. The van der Waals surface area contributed by atoms with E-state index in [9.17, 15) is 8.42 Å². The van der Waals surface area contributed by atoms with Crippen LogP contribution in [0.25, 0.3) is 0 Å². The van der Waals surface area contributed by atoms with Crippen molar-refractivity contribution < 1.29 is 8.42 Å². The molecule has 0 aliphatic rings. The van der Waals surface area contributed by atoms with E-state index in [1.165, 1.54) is 6.26 Å². The van der Waals surface area contributed by atoms with E-state index in [-0.39, 0.29) is 11.8 Å². The Labute approximate surface area is 90.7 Å². The van der Waals surface area contributed by atoms with Crippen LogP contribution in [0.5, 0.6) is 0 Å². The molecule has 0 radical (unpaired) electrons. The molecule has 0 fully saturated rings. The van der Waals surface area contributed by atoms with Crippen LogP contribution in [0.2, 0.25) is 0 Å². The first kappa shape index (κ1) is 12.1. The van der Waals surface area contributed by atoms with E-state index >= 15 is 0 Å². The zero-order valence-corrected chi connectivity index (χ0v) is 9.79. The van der Waals surface area contributed by atoms with Crippen molar-refractivity contribution in [2.45, 2.75) is 12.5 Å². The molecule has 0 aliphatic heterocycles. The van der Waals surface area contributed by atoms with Gasteiger partial charge in [-0.05, 0) is 25.1 Å². The predicted octanol–water partition coefficient (Wildman–Crippen LogP) is 0.257. The van der Waals surface area contributed by atoms with Crippen LogP contribution in [0.15, 0.2) is 24.5 Å². The Morgan fingerprint density at radius 3 is 2.73 bits per heavy atom. The van der Waals surface area contributed by atoms with Gasteiger partial charge in [-0.1, -0.05) is 6.07 Å². The minimum Gasteiger partial charge on any atom is -0.316 e. The molecule has 0 aromatic carbocycles. The highest BCUT2D eigenvalue weighted by molar-refractivity contribution is 7.90. The third-order valence-corrected chi connectivity index (χ3v) is 3.12. The van der Waals surface area contributed by atoms with Crippen molar-refractivity contribution in [3.63, 3.8) is 0 Å². The lowest BCUT2D eigenvalue weighted by atomic mass is 10.1. The summed E-state index contributed by atoms with van der Waals surface area (Å²) >= 11 is 0. The molecule has 15 heavy (non-hydrogen) atoms. The molecule has 0 bridgehead atoms. The molecule has 1 aromatic heterocycles. The molecule has 1 aromatic rings. The lowest BCUT2D eigenvalue weighted by Crippen LogP contribution is -2.34. The summed E-state index contributed by atoms with van der Waals surface area (Å²) in [6.45, 7) is 0. The summed E-state index contributed by atoms with van der Waals surface area (Å²) in [4.78, 5) is 3.99. The Morgan fingerprint density at radius 2 is 2.27 bits per heavy atom. The molecule has 0 saturated carbocycles. The van der Waals surface area contributed by atoms with E-state index in [1.807, 2.05) is 12.1 Å². The number of aromatic nitrogens is 1. The summed E-state index contributed by atoms with van der Waals surface area (Å²) in [5, 5.41) is 3.00. The van der Waals surface area contributed by atoms with E-state index in [4.69, 9.17) is 0 Å². The maximum absolute atomic E-state index is 11.1. The third-order valence-electron chi connectivity index (χ3n) is 2.12. The SMILES string of the molecule is CNC(Cc1cccnc1)CS(C)(=O)=O. The molecule has 1 atom stereocenters. The van der Waals surface area contributed by atoms with Crippen LogP contribution in [-0.2, 0) is 16.3 Å². The molecule has 0 saturated heterocycles. The molecule has 4 nitrogen and oxygen atoms in total. The van der Waals surface area contributed by atoms with Gasteiger partial charge in [0.2, 0.25) is 0 Å². The van der Waals surface area contributed by atoms with Crippen molar-refractivity contribution >= 4 is 9.84 Å². The van der Waals surface area contributed by atoms with Crippen LogP contribution < -0.4 is 5.32 Å². The van der Waals surface area contributed by atoms with E-state index in [1.54, 1.807) is 19.4 Å². The Balaban J connectivity index is 2.63. The molecule has 84 valence electrons. The second kappa shape index (κ2) is 5.23. The molecule has 0 amide bonds. The number of sulfone groups is 1. The van der Waals surface area contributed by atoms with Gasteiger partial charge in [0, 0.05) is 24.7 Å². The van der Waals surface area contributed by atoms with Crippen molar-refractivity contribution in [1.82, 2.24) is 10.3 Å². The van der Waals surface area contributed by atoms with Crippen LogP contribution >= 0.6 is 0 Å². The minimum absolute atomic E-state index is 0.0517. The van der Waals surface area contributed by atoms with Gasteiger partial charge in [0.05, 0.1) is 5.75 Å². The highest BCUT2D eigenvalue weighted by Gasteiger charge is 2.13. The summed E-state index contributed by atoms with van der Waals surface area (Å²) < 4.78 is 22.3. The highest BCUT2D eigenvalue weighted by atomic mass is 32.2. The lowest BCUT2D eigenvalue weighted by Gasteiger charge is -2.14. The highest BCUT2D eigenvalue weighted by Crippen LogP contribution is 2.03. The second-order valence-electron chi connectivity index (χ2n) is 3.64. The first-order chi connectivity index (χ1) is 7.01. The normalized spacial score (nSPS) is 13.7. The predicted molar refractivity (Wildman–Crippen MR) is 60.5 cm³/mol. The summed E-state index contributed by atoms with van der Waals surface area (Å²) in [6.07, 6.45) is 5.39. The van der Waals surface area contributed by atoms with Crippen molar-refractivity contribution in [3.05, 3.63) is 30.1 Å². The molecule has 5 heteroatoms. The van der Waals surface area contributed by atoms with E-state index < -0.39 is 9.84 Å². The average molecular weight is 228 g/mol. The molecular formula is C10H16N2O2S. The summed E-state index contributed by atoms with van der Waals surface area (Å²) in [5.74, 6) is 0.151. The lowest BCUT2D eigenvalue weighted by molar-refractivity contribution is 0.566. The molecule has 0 spiro atoms. The standard InChI is InChI=1S/C10H16N2O2S/c1-11-10(8-15(2,13)14)6-9-4-3-5-12-7-9/h3-5,7,10-11H,6,8H2,1-2H3. The van der Waals surface area contributed by atoms with E-state index in [0.29, 0.717) is 6.42 Å². The van der Waals surface area contributed by atoms with Gasteiger partial charge in [0.25, 0.3) is 0 Å². The van der Waals surface area contributed by atoms with Gasteiger partial charge in [-0.2, -0.15) is 0 Å². The summed E-state index contributed by atoms with van der Waals surface area (Å²) in [5.41, 5.74) is 1.04. The monoisotopic (exact) mass is 228 g/mol. The number of hydrogen-bond donors (Lipinski definition) is 1. The molecule has 1 N–H and O–H groups in total. The van der Waals surface area contributed by atoms with Gasteiger partial charge in [0.15, 0.2) is 0 Å². The molecule has 1 heterocycles. The van der Waals surface area contributed by atoms with Crippen LogP contribution in [0.1, 0.15) is 5.56 Å². The number of nitrogens with one attached hydrogen (secondary N) is 1. The number of likely N-dealkylation sites (N-methyl/N-ethyl adjacent to an activating group) is 1. The van der Waals surface area contributed by atoms with Gasteiger partial charge < -0.3 is 5.32 Å². The first-order valence-electron chi connectivity index (χ1n) is 4.75. The van der Waals surface area contributed by atoms with Crippen molar-refractivity contribution in [2.75, 3.05) is 19.1 Å². The van der Waals surface area contributed by atoms with Crippen molar-refractivity contribution in [1.29, 1.82) is 0 Å². The number of pyridine rings is 1. The van der Waals surface area contributed by atoms with Crippen LogP contribution in [0.3, 0.4) is 0 Å². The maximum Gasteiger partial charge on any atom is 0.148 e. The first-order valence-corrected chi connectivity index (χ1v) is 6.81. The van der Waals surface area contributed by atoms with Crippen LogP contribution in [0.4, 0.5) is 0 Å². The number of rotatable bonds is 5. The fraction of sp³-hybridized carbons (Fsp3) is 0.500. The molecule has 1 unspecified atom stereocenters. The van der Waals surface area contributed by atoms with E-state index in [0.717, 1.165) is 5.56 Å². The topological polar surface area (TPSA) is 59.1 Å². The van der Waals surface area contributed by atoms with Gasteiger partial charge in [0.1, 0.15) is 9.84 Å². The Bertz CT molecular complexity index is 389. The quantitative estimate of drug-likeness (QED) is 0.785. The average Bonchev–Trinajstić information content (AvgIpc) is 2.16. The van der Waals surface area contributed by atoms with Gasteiger partial charge in [-0.3, -0.25) is 4.98 Å². The van der Waals surface area contributed by atoms with Crippen molar-refractivity contribution in [2.24, 2.45) is 0 Å². The molecule has 0 aliphatic carbocycles. The largest absolute Gasteiger partial charge is 0.316 e. The van der Waals surface area contributed by atoms with Gasteiger partial charge >= 0.3 is 0 Å². The molecular weight excluding hydrogens is 212 g/mol.